The zero-order valence-corrected chi connectivity index (χ0v) is 22.0. The molecule has 6 nitrogen and oxygen atoms in total. The van der Waals surface area contributed by atoms with E-state index in [4.69, 9.17) is 31.1 Å². The fraction of sp³-hybridized carbons (Fsp3) is 0.290. The Labute approximate surface area is 228 Å². The van der Waals surface area contributed by atoms with Gasteiger partial charge in [0.15, 0.2) is 0 Å². The van der Waals surface area contributed by atoms with Crippen LogP contribution in [0, 0.1) is 0 Å². The van der Waals surface area contributed by atoms with E-state index in [1.54, 1.807) is 0 Å². The van der Waals surface area contributed by atoms with Gasteiger partial charge in [0, 0.05) is 41.5 Å². The largest absolute Gasteiger partial charge is 0.489 e. The maximum Gasteiger partial charge on any atom is 0.148 e. The number of nitrogens with zero attached hydrogens (tertiary/aromatic N) is 3. The molecule has 0 amide bonds. The molecule has 4 aliphatic rings. The molecule has 1 aromatic heterocycles. The Bertz CT molecular complexity index is 1350. The number of allylic oxidation sites excluding steroid dienone is 6. The maximum atomic E-state index is 6.46. The van der Waals surface area contributed by atoms with Crippen molar-refractivity contribution in [1.82, 2.24) is 15.2 Å². The van der Waals surface area contributed by atoms with Crippen LogP contribution < -0.4 is 5.32 Å². The average molecular weight is 527 g/mol. The number of aromatic nitrogens is 1. The molecule has 7 heteroatoms. The Morgan fingerprint density at radius 2 is 1.92 bits per heavy atom. The molecule has 2 unspecified atom stereocenters. The molecule has 2 aliphatic heterocycles. The van der Waals surface area contributed by atoms with Gasteiger partial charge in [0.1, 0.15) is 23.9 Å². The Balaban J connectivity index is 1.16. The van der Waals surface area contributed by atoms with E-state index in [0.717, 1.165) is 66.8 Å². The normalized spacial score (nSPS) is 22.8. The van der Waals surface area contributed by atoms with E-state index in [9.17, 15) is 0 Å². The predicted molar refractivity (Wildman–Crippen MR) is 151 cm³/mol. The molecule has 194 valence electrons. The first-order chi connectivity index (χ1) is 18.7. The minimum absolute atomic E-state index is 0.0784. The first-order valence-electron chi connectivity index (χ1n) is 13.2. The second-order valence-corrected chi connectivity index (χ2v) is 10.2. The molecule has 0 spiro atoms. The van der Waals surface area contributed by atoms with Crippen molar-refractivity contribution in [2.45, 2.75) is 31.5 Å². The Kier molecular flexibility index (Phi) is 7.42. The summed E-state index contributed by atoms with van der Waals surface area (Å²) < 4.78 is 11.8. The van der Waals surface area contributed by atoms with Gasteiger partial charge in [0.05, 0.1) is 25.3 Å². The summed E-state index contributed by atoms with van der Waals surface area (Å²) in [5.41, 5.74) is 5.16. The van der Waals surface area contributed by atoms with Gasteiger partial charge in [-0.05, 0) is 48.4 Å². The summed E-state index contributed by atoms with van der Waals surface area (Å²) in [7, 11) is 0. The molecule has 0 bridgehead atoms. The number of fused-ring (bicyclic) bond motifs is 1. The van der Waals surface area contributed by atoms with E-state index in [1.807, 2.05) is 48.6 Å². The number of amidine groups is 1. The lowest BCUT2D eigenvalue weighted by Crippen LogP contribution is -2.39. The highest BCUT2D eigenvalue weighted by atomic mass is 35.5. The predicted octanol–water partition coefficient (Wildman–Crippen LogP) is 5.05. The third kappa shape index (κ3) is 5.77. The number of rotatable bonds is 7. The minimum Gasteiger partial charge on any atom is -0.489 e. The first kappa shape index (κ1) is 24.7. The van der Waals surface area contributed by atoms with Gasteiger partial charge in [-0.1, -0.05) is 60.2 Å². The number of hydrogen-bond donors (Lipinski definition) is 1. The standard InChI is InChI=1S/C31H31ClN4O2/c32-24-8-4-11-30(38-21-22-6-2-1-3-7-22)23(18-24)19-25-9-5-10-28(33-25)31-34-27-13-12-26(20-29(27)35-31)36-14-16-37-17-15-36/h1-3,5-13,18,20,27,29H,4,14-17,19,21H2,(H,34,35). The van der Waals surface area contributed by atoms with Gasteiger partial charge in [-0.15, -0.1) is 0 Å². The second-order valence-electron chi connectivity index (χ2n) is 9.72. The minimum atomic E-state index is 0.0784. The summed E-state index contributed by atoms with van der Waals surface area (Å²) in [5, 5.41) is 4.31. The van der Waals surface area contributed by atoms with Crippen LogP contribution in [-0.4, -0.2) is 54.1 Å². The summed E-state index contributed by atoms with van der Waals surface area (Å²) in [6.45, 7) is 3.90. The number of ether oxygens (including phenoxy) is 2. The highest BCUT2D eigenvalue weighted by Gasteiger charge is 2.30. The number of aliphatic imine (C=N–C) groups is 1. The molecule has 2 atom stereocenters. The van der Waals surface area contributed by atoms with Crippen molar-refractivity contribution >= 4 is 17.4 Å². The van der Waals surface area contributed by atoms with Crippen LogP contribution in [0.25, 0.3) is 0 Å². The maximum absolute atomic E-state index is 6.46. The van der Waals surface area contributed by atoms with E-state index in [-0.39, 0.29) is 12.1 Å². The Morgan fingerprint density at radius 1 is 1.05 bits per heavy atom. The van der Waals surface area contributed by atoms with Crippen molar-refractivity contribution in [2.24, 2.45) is 4.99 Å². The van der Waals surface area contributed by atoms with E-state index in [1.165, 1.54) is 5.70 Å². The van der Waals surface area contributed by atoms with Gasteiger partial charge in [-0.3, -0.25) is 4.99 Å². The summed E-state index contributed by atoms with van der Waals surface area (Å²) in [4.78, 5) is 12.3. The van der Waals surface area contributed by atoms with Crippen LogP contribution >= 0.6 is 11.6 Å². The molecule has 6 rings (SSSR count). The van der Waals surface area contributed by atoms with Crippen LogP contribution in [-0.2, 0) is 22.5 Å². The lowest BCUT2D eigenvalue weighted by molar-refractivity contribution is 0.0550. The van der Waals surface area contributed by atoms with Crippen LogP contribution in [0.3, 0.4) is 0 Å². The quantitative estimate of drug-likeness (QED) is 0.547. The van der Waals surface area contributed by atoms with Crippen LogP contribution in [0.15, 0.2) is 112 Å². The van der Waals surface area contributed by atoms with E-state index >= 15 is 0 Å². The Morgan fingerprint density at radius 3 is 2.79 bits per heavy atom. The van der Waals surface area contributed by atoms with Gasteiger partial charge < -0.3 is 19.7 Å². The van der Waals surface area contributed by atoms with Crippen LogP contribution in [0.5, 0.6) is 0 Å². The molecular weight excluding hydrogens is 496 g/mol. The van der Waals surface area contributed by atoms with Crippen molar-refractivity contribution in [2.75, 3.05) is 26.3 Å². The molecule has 0 radical (unpaired) electrons. The third-order valence-corrected chi connectivity index (χ3v) is 7.31. The average Bonchev–Trinajstić information content (AvgIpc) is 3.31. The lowest BCUT2D eigenvalue weighted by Gasteiger charge is -2.32. The molecule has 3 heterocycles. The smallest absolute Gasteiger partial charge is 0.148 e. The number of halogens is 1. The van der Waals surface area contributed by atoms with Crippen LogP contribution in [0.2, 0.25) is 0 Å². The summed E-state index contributed by atoms with van der Waals surface area (Å²) >= 11 is 6.46. The molecule has 2 aliphatic carbocycles. The van der Waals surface area contributed by atoms with Gasteiger partial charge in [0.2, 0.25) is 0 Å². The van der Waals surface area contributed by atoms with E-state index < -0.39 is 0 Å². The first-order valence-corrected chi connectivity index (χ1v) is 13.6. The van der Waals surface area contributed by atoms with Crippen molar-refractivity contribution in [1.29, 1.82) is 0 Å². The second kappa shape index (κ2) is 11.4. The highest BCUT2D eigenvalue weighted by Crippen LogP contribution is 2.26. The number of morpholine rings is 1. The fourth-order valence-corrected chi connectivity index (χ4v) is 5.28. The molecule has 2 aromatic rings. The highest BCUT2D eigenvalue weighted by molar-refractivity contribution is 6.31. The summed E-state index contributed by atoms with van der Waals surface area (Å²) in [6.07, 6.45) is 14.1. The lowest BCUT2D eigenvalue weighted by atomic mass is 10.0. The van der Waals surface area contributed by atoms with Gasteiger partial charge in [-0.25, -0.2) is 4.98 Å². The fourth-order valence-electron chi connectivity index (χ4n) is 5.06. The molecule has 0 saturated carbocycles. The van der Waals surface area contributed by atoms with Gasteiger partial charge >= 0.3 is 0 Å². The van der Waals surface area contributed by atoms with Gasteiger partial charge in [0.25, 0.3) is 0 Å². The SMILES string of the molecule is ClC1=CCC=C(OCc2ccccc2)C(Cc2cccc(C3=NC4C=CC(N5CCOCC5)=CC4N3)n2)=C1. The third-order valence-electron chi connectivity index (χ3n) is 7.04. The topological polar surface area (TPSA) is 59.0 Å². The number of nitrogens with one attached hydrogen (secondary N) is 1. The van der Waals surface area contributed by atoms with Crippen molar-refractivity contribution in [3.05, 3.63) is 124 Å². The number of benzene rings is 1. The summed E-state index contributed by atoms with van der Waals surface area (Å²) in [6, 6.07) is 16.5. The van der Waals surface area contributed by atoms with Gasteiger partial charge in [-0.2, -0.15) is 0 Å². The van der Waals surface area contributed by atoms with Crippen molar-refractivity contribution in [3.63, 3.8) is 0 Å². The molecule has 1 fully saturated rings. The molecule has 38 heavy (non-hydrogen) atoms. The Hall–Kier alpha value is -3.61. The zero-order chi connectivity index (χ0) is 25.7. The van der Waals surface area contributed by atoms with E-state index in [0.29, 0.717) is 18.1 Å². The van der Waals surface area contributed by atoms with Crippen LogP contribution in [0.1, 0.15) is 23.4 Å². The number of hydrogen-bond acceptors (Lipinski definition) is 6. The molecular formula is C31H31ClN4O2. The monoisotopic (exact) mass is 526 g/mol. The van der Waals surface area contributed by atoms with E-state index in [2.05, 4.69) is 46.7 Å². The zero-order valence-electron chi connectivity index (χ0n) is 21.2. The molecule has 1 aromatic carbocycles. The molecule has 1 N–H and O–H groups in total. The number of pyridine rings is 1. The summed E-state index contributed by atoms with van der Waals surface area (Å²) in [5.74, 6) is 1.68. The molecule has 1 saturated heterocycles. The van der Waals surface area contributed by atoms with Crippen molar-refractivity contribution < 1.29 is 9.47 Å². The van der Waals surface area contributed by atoms with Crippen molar-refractivity contribution in [3.8, 4) is 0 Å². The van der Waals surface area contributed by atoms with Crippen LogP contribution in [0.4, 0.5) is 0 Å².